The molecule has 0 unspecified atom stereocenters. The fourth-order valence-electron chi connectivity index (χ4n) is 3.29. The van der Waals surface area contributed by atoms with Crippen LogP contribution in [0.2, 0.25) is 0 Å². The van der Waals surface area contributed by atoms with Crippen LogP contribution in [0.5, 0.6) is 0 Å². The van der Waals surface area contributed by atoms with E-state index in [0.717, 1.165) is 0 Å². The zero-order chi connectivity index (χ0) is 28.7. The third-order valence-corrected chi connectivity index (χ3v) is 12.1. The van der Waals surface area contributed by atoms with Crippen LogP contribution < -0.4 is 0 Å². The summed E-state index contributed by atoms with van der Waals surface area (Å²) >= 11 is 2.90. The number of hydrogen-bond acceptors (Lipinski definition) is 5. The second-order valence-corrected chi connectivity index (χ2v) is 14.8. The summed E-state index contributed by atoms with van der Waals surface area (Å²) in [6, 6.07) is 18.8. The van der Waals surface area contributed by atoms with Crippen molar-refractivity contribution < 1.29 is 18.8 Å². The van der Waals surface area contributed by atoms with Crippen molar-refractivity contribution in [3.05, 3.63) is 57.8 Å². The monoisotopic (exact) mass is 753 g/mol. The number of benzene rings is 1. The van der Waals surface area contributed by atoms with Crippen molar-refractivity contribution in [3.8, 4) is 24.3 Å². The molecule has 0 atom stereocenters. The average molecular weight is 754 g/mol. The summed E-state index contributed by atoms with van der Waals surface area (Å²) in [5.74, 6) is -0.854. The van der Waals surface area contributed by atoms with Crippen molar-refractivity contribution in [2.75, 3.05) is 37.0 Å². The van der Waals surface area contributed by atoms with Gasteiger partial charge in [-0.2, -0.15) is 21.0 Å². The van der Waals surface area contributed by atoms with E-state index in [0.29, 0.717) is 31.8 Å². The topological polar surface area (TPSA) is 95.2 Å². The van der Waals surface area contributed by atoms with E-state index < -0.39 is 11.3 Å². The van der Waals surface area contributed by atoms with Gasteiger partial charge in [0.1, 0.15) is 5.41 Å². The Bertz CT molecular complexity index is 946. The van der Waals surface area contributed by atoms with Gasteiger partial charge < -0.3 is 0 Å². The van der Waals surface area contributed by atoms with Gasteiger partial charge in [0.15, 0.2) is 5.92 Å². The van der Waals surface area contributed by atoms with Crippen LogP contribution in [0.4, 0.5) is 0 Å². The third kappa shape index (κ3) is 12.9. The van der Waals surface area contributed by atoms with E-state index >= 15 is 0 Å². The van der Waals surface area contributed by atoms with Crippen LogP contribution in [0, 0.1) is 51.4 Å². The molecule has 9 heteroatoms. The van der Waals surface area contributed by atoms with Crippen molar-refractivity contribution in [3.63, 3.8) is 0 Å². The summed E-state index contributed by atoms with van der Waals surface area (Å²) in [4.78, 5) is 0.595. The molecule has 1 heterocycles. The van der Waals surface area contributed by atoms with E-state index in [4.69, 9.17) is 10.5 Å². The van der Waals surface area contributed by atoms with Crippen molar-refractivity contribution in [2.24, 2.45) is 0 Å². The van der Waals surface area contributed by atoms with Gasteiger partial charge >= 0.3 is 28.2 Å². The Hall–Kier alpha value is -1.28. The predicted octanol–water partition coefficient (Wildman–Crippen LogP) is 8.76. The molecule has 0 radical (unpaired) electrons. The number of halogens is 1. The zero-order valence-electron chi connectivity index (χ0n) is 22.6. The van der Waals surface area contributed by atoms with E-state index in [2.05, 4.69) is 69.2 Å². The van der Waals surface area contributed by atoms with Gasteiger partial charge in [0.25, 0.3) is 0 Å². The molecule has 37 heavy (non-hydrogen) atoms. The van der Waals surface area contributed by atoms with Gasteiger partial charge in [-0.25, -0.2) is 12.1 Å². The molecule has 0 aliphatic carbocycles. The van der Waals surface area contributed by atoms with Gasteiger partial charge in [-0.1, -0.05) is 65.8 Å². The fraction of sp³-hybridized carbons (Fsp3) is 0.500. The van der Waals surface area contributed by atoms with Gasteiger partial charge in [-0.05, 0) is 48.1 Å². The summed E-state index contributed by atoms with van der Waals surface area (Å²) in [5, 5.41) is 38.4. The number of nitriles is 4. The Kier molecular flexibility index (Phi) is 24.4. The Morgan fingerprint density at radius 1 is 0.811 bits per heavy atom. The molecule has 4 nitrogen and oxygen atoms in total. The summed E-state index contributed by atoms with van der Waals surface area (Å²) in [5.41, 5.74) is -0.328. The fourth-order valence-corrected chi connectivity index (χ4v) is 6.76. The molecule has 0 bridgehead atoms. The molecule has 0 N–H and O–H groups in total. The first-order chi connectivity index (χ1) is 17.9. The minimum atomic E-state index is -1.39. The molecule has 1 aromatic heterocycles. The van der Waals surface area contributed by atoms with Crippen LogP contribution in [-0.2, 0) is 24.2 Å². The quantitative estimate of drug-likeness (QED) is 0.189. The van der Waals surface area contributed by atoms with Crippen LogP contribution in [0.1, 0.15) is 63.5 Å². The van der Waals surface area contributed by atoms with E-state index in [9.17, 15) is 10.5 Å². The Balaban J connectivity index is 0. The number of thiophene rings is 1. The number of hydrogen-bond donors (Lipinski definition) is 0. The Morgan fingerprint density at radius 3 is 1.46 bits per heavy atom. The SMILES string of the molecule is CCP(CC)CC.CCP(CC)CC.N#CC(C#N)c1ccc(C(C#N)(C#N)c2c[c-]cs2)cc1.[Cl][Pt+]. The Morgan fingerprint density at radius 2 is 1.22 bits per heavy atom. The van der Waals surface area contributed by atoms with E-state index in [1.54, 1.807) is 54.5 Å². The van der Waals surface area contributed by atoms with E-state index in [1.807, 2.05) is 12.1 Å². The van der Waals surface area contributed by atoms with Gasteiger partial charge in [0.2, 0.25) is 0 Å². The molecule has 0 amide bonds. The molecule has 2 aromatic rings. The molecule has 0 aliphatic rings. The molecule has 1 aromatic carbocycles. The standard InChI is InChI=1S/C16H7N4S.2C6H15P.ClH.Pt/c17-8-13(9-18)12-3-5-14(6-4-12)16(10-19,11-20)15-2-1-7-21-15;2*1-4-7(5-2)6-3;;/h2-7,13H;2*4-6H2,1-3H3;1H;/q-1;;;;+2/p-1. The summed E-state index contributed by atoms with van der Waals surface area (Å²) in [6.07, 6.45) is 8.51. The van der Waals surface area contributed by atoms with Crippen molar-refractivity contribution in [1.29, 1.82) is 21.0 Å². The van der Waals surface area contributed by atoms with Gasteiger partial charge in [0.05, 0.1) is 24.3 Å². The molecular formula is C28H37ClN4P2PtS. The first kappa shape index (κ1) is 37.9. The predicted molar refractivity (Wildman–Crippen MR) is 159 cm³/mol. The molecule has 0 saturated heterocycles. The summed E-state index contributed by atoms with van der Waals surface area (Å²) in [6.45, 7) is 13.7. The van der Waals surface area contributed by atoms with Crippen LogP contribution in [0.25, 0.3) is 0 Å². The van der Waals surface area contributed by atoms with Crippen LogP contribution >= 0.6 is 36.6 Å². The maximum atomic E-state index is 9.49. The minimum absolute atomic E-state index is 0.446. The Labute approximate surface area is 247 Å². The third-order valence-electron chi connectivity index (χ3n) is 5.79. The normalized spacial score (nSPS) is 9.84. The molecule has 0 aliphatic heterocycles. The molecule has 0 spiro atoms. The molecule has 0 saturated carbocycles. The van der Waals surface area contributed by atoms with E-state index in [1.165, 1.54) is 48.3 Å². The van der Waals surface area contributed by atoms with Crippen LogP contribution in [-0.4, -0.2) is 37.0 Å². The second-order valence-electron chi connectivity index (χ2n) is 7.44. The molecule has 0 fully saturated rings. The number of rotatable bonds is 9. The zero-order valence-corrected chi connectivity index (χ0v) is 28.2. The summed E-state index contributed by atoms with van der Waals surface area (Å²) < 4.78 is 0. The van der Waals surface area contributed by atoms with Crippen molar-refractivity contribution in [1.82, 2.24) is 0 Å². The summed E-state index contributed by atoms with van der Waals surface area (Å²) in [7, 11) is 5.50. The first-order valence-electron chi connectivity index (χ1n) is 12.1. The van der Waals surface area contributed by atoms with Crippen molar-refractivity contribution >= 4 is 36.6 Å². The van der Waals surface area contributed by atoms with Crippen LogP contribution in [0.3, 0.4) is 0 Å². The molecule has 202 valence electrons. The number of nitrogens with zero attached hydrogens (tertiary/aromatic N) is 4. The van der Waals surface area contributed by atoms with Crippen LogP contribution in [0.15, 0.2) is 35.7 Å². The molecular weight excluding hydrogens is 717 g/mol. The van der Waals surface area contributed by atoms with Gasteiger partial charge in [-0.15, -0.1) is 26.1 Å². The molecule has 2 rings (SSSR count). The van der Waals surface area contributed by atoms with Gasteiger partial charge in [-0.3, -0.25) is 11.3 Å². The van der Waals surface area contributed by atoms with Crippen molar-refractivity contribution in [2.45, 2.75) is 52.9 Å². The van der Waals surface area contributed by atoms with E-state index in [-0.39, 0.29) is 0 Å². The maximum absolute atomic E-state index is 9.49. The first-order valence-corrected chi connectivity index (χ1v) is 19.6. The second kappa shape index (κ2) is 23.8. The average Bonchev–Trinajstić information content (AvgIpc) is 3.51. The van der Waals surface area contributed by atoms with Gasteiger partial charge in [0, 0.05) is 0 Å².